The van der Waals surface area contributed by atoms with Crippen molar-refractivity contribution in [2.75, 3.05) is 42.9 Å². The highest BCUT2D eigenvalue weighted by atomic mass is 19.4. The number of benzene rings is 1. The van der Waals surface area contributed by atoms with Crippen LogP contribution < -0.4 is 10.2 Å². The van der Waals surface area contributed by atoms with Crippen LogP contribution in [-0.2, 0) is 4.74 Å². The molecule has 10 nitrogen and oxygen atoms in total. The summed E-state index contributed by atoms with van der Waals surface area (Å²) in [5.74, 6) is -0.179. The van der Waals surface area contributed by atoms with Gasteiger partial charge in [0.25, 0.3) is 12.3 Å². The Bertz CT molecular complexity index is 1700. The summed E-state index contributed by atoms with van der Waals surface area (Å²) >= 11 is 0. The quantitative estimate of drug-likeness (QED) is 0.272. The minimum Gasteiger partial charge on any atom is -0.370 e. The summed E-state index contributed by atoms with van der Waals surface area (Å²) < 4.78 is 73.6. The number of nitrogens with zero attached hydrogens (tertiary/aromatic N) is 6. The van der Waals surface area contributed by atoms with Gasteiger partial charge in [-0.05, 0) is 43.5 Å². The van der Waals surface area contributed by atoms with Gasteiger partial charge in [-0.1, -0.05) is 17.3 Å². The minimum absolute atomic E-state index is 0.0469. The molecule has 1 aromatic carbocycles. The van der Waals surface area contributed by atoms with Crippen LogP contribution in [0.4, 0.5) is 33.3 Å². The highest BCUT2D eigenvalue weighted by Gasteiger charge is 2.52. The first kappa shape index (κ1) is 28.6. The molecule has 15 heteroatoms. The van der Waals surface area contributed by atoms with Crippen molar-refractivity contribution in [3.05, 3.63) is 59.7 Å². The maximum Gasteiger partial charge on any atom is 0.522 e. The molecule has 0 atom stereocenters. The van der Waals surface area contributed by atoms with Gasteiger partial charge in [0.1, 0.15) is 0 Å². The van der Waals surface area contributed by atoms with Crippen LogP contribution in [0.5, 0.6) is 0 Å². The Hall–Kier alpha value is -4.11. The van der Waals surface area contributed by atoms with E-state index in [1.54, 1.807) is 33.8 Å². The Balaban J connectivity index is 1.02. The first-order chi connectivity index (χ1) is 20.9. The largest absolute Gasteiger partial charge is 0.522 e. The second kappa shape index (κ2) is 10.5. The van der Waals surface area contributed by atoms with E-state index in [2.05, 4.69) is 30.2 Å². The monoisotopic (exact) mass is 617 g/mol. The van der Waals surface area contributed by atoms with Gasteiger partial charge in [-0.15, -0.1) is 13.2 Å². The van der Waals surface area contributed by atoms with Gasteiger partial charge < -0.3 is 14.7 Å². The summed E-state index contributed by atoms with van der Waals surface area (Å²) in [6.07, 6.45) is -4.37. The Kier molecular flexibility index (Phi) is 6.84. The number of rotatable bonds is 8. The van der Waals surface area contributed by atoms with Crippen LogP contribution >= 0.6 is 0 Å². The lowest BCUT2D eigenvalue weighted by Crippen LogP contribution is -2.72. The van der Waals surface area contributed by atoms with Crippen LogP contribution in [0.1, 0.15) is 40.6 Å². The lowest BCUT2D eigenvalue weighted by atomic mass is 9.72. The summed E-state index contributed by atoms with van der Waals surface area (Å²) in [4.78, 5) is 21.7. The van der Waals surface area contributed by atoms with E-state index in [1.165, 1.54) is 6.20 Å². The van der Waals surface area contributed by atoms with Crippen molar-refractivity contribution in [3.63, 3.8) is 0 Å². The predicted molar refractivity (Wildman–Crippen MR) is 148 cm³/mol. The number of pyridine rings is 1. The van der Waals surface area contributed by atoms with Crippen LogP contribution in [-0.4, -0.2) is 82.2 Å². The zero-order valence-corrected chi connectivity index (χ0v) is 23.5. The van der Waals surface area contributed by atoms with E-state index >= 15 is 0 Å². The summed E-state index contributed by atoms with van der Waals surface area (Å²) in [7, 11) is 0. The average Bonchev–Trinajstić information content (AvgIpc) is 3.54. The highest BCUT2D eigenvalue weighted by molar-refractivity contribution is 6.09. The molecule has 7 rings (SSSR count). The van der Waals surface area contributed by atoms with Crippen molar-refractivity contribution >= 4 is 22.8 Å². The number of ether oxygens (including phenoxy) is 1. The molecule has 1 aliphatic carbocycles. The summed E-state index contributed by atoms with van der Waals surface area (Å²) in [5, 5.41) is 11.3. The van der Waals surface area contributed by atoms with Crippen LogP contribution in [0.3, 0.4) is 0 Å². The number of aromatic nitrogens is 4. The molecule has 1 spiro atoms. The Morgan fingerprint density at radius 3 is 2.66 bits per heavy atom. The van der Waals surface area contributed by atoms with Gasteiger partial charge in [0, 0.05) is 60.6 Å². The fourth-order valence-corrected chi connectivity index (χ4v) is 6.37. The van der Waals surface area contributed by atoms with Crippen molar-refractivity contribution in [1.29, 1.82) is 0 Å². The first-order valence-electron chi connectivity index (χ1n) is 14.2. The summed E-state index contributed by atoms with van der Waals surface area (Å²) in [6, 6.07) is 9.11. The van der Waals surface area contributed by atoms with Crippen molar-refractivity contribution < 1.29 is 36.0 Å². The second-order valence-electron chi connectivity index (χ2n) is 12.0. The lowest BCUT2D eigenvalue weighted by Gasteiger charge is -2.61. The zero-order chi connectivity index (χ0) is 30.8. The minimum atomic E-state index is -4.68. The van der Waals surface area contributed by atoms with Gasteiger partial charge in [0.05, 0.1) is 29.9 Å². The van der Waals surface area contributed by atoms with E-state index in [1.807, 2.05) is 19.1 Å². The lowest BCUT2D eigenvalue weighted by molar-refractivity contribution is -0.352. The highest BCUT2D eigenvalue weighted by Crippen LogP contribution is 2.43. The molecule has 3 aliphatic rings. The fourth-order valence-electron chi connectivity index (χ4n) is 6.37. The van der Waals surface area contributed by atoms with Gasteiger partial charge in [-0.3, -0.25) is 14.4 Å². The normalized spacial score (nSPS) is 21.4. The van der Waals surface area contributed by atoms with Crippen molar-refractivity contribution in [1.82, 2.24) is 24.7 Å². The number of hydrogen-bond donors (Lipinski definition) is 1. The van der Waals surface area contributed by atoms with Crippen LogP contribution in [0, 0.1) is 12.3 Å². The molecule has 5 heterocycles. The number of carbonyl (C=O) groups is 1. The average molecular weight is 618 g/mol. The number of carbonyl (C=O) groups excluding carboxylic acids is 1. The predicted octanol–water partition coefficient (Wildman–Crippen LogP) is 5.11. The van der Waals surface area contributed by atoms with Crippen LogP contribution in [0.15, 0.2) is 47.2 Å². The van der Waals surface area contributed by atoms with E-state index in [-0.39, 0.29) is 48.3 Å². The smallest absolute Gasteiger partial charge is 0.370 e. The number of hydrogen-bond acceptors (Lipinski definition) is 8. The van der Waals surface area contributed by atoms with E-state index in [0.29, 0.717) is 35.4 Å². The number of nitrogens with one attached hydrogen (secondary N) is 1. The van der Waals surface area contributed by atoms with E-state index in [4.69, 9.17) is 4.52 Å². The molecule has 0 unspecified atom stereocenters. The van der Waals surface area contributed by atoms with Gasteiger partial charge in [-0.25, -0.2) is 13.3 Å². The zero-order valence-electron chi connectivity index (χ0n) is 23.5. The van der Waals surface area contributed by atoms with Crippen molar-refractivity contribution in [2.24, 2.45) is 5.41 Å². The summed E-state index contributed by atoms with van der Waals surface area (Å²) in [6.45, 7) is 4.52. The van der Waals surface area contributed by atoms with Crippen molar-refractivity contribution in [2.45, 2.75) is 44.6 Å². The molecule has 232 valence electrons. The molecule has 3 aromatic heterocycles. The standard InChI is InChI=1S/C29H28F5N7O3/c1-16-2-3-17(25-37-27(44-38-25)18-6-20(7-18)43-29(32,33)34)8-22(16)36-26(42)21-10-35-41-5-4-19(9-23(21)41)40-14-28(15-40)12-39(13-28)11-24(30)31/h2-5,8-10,18,20,24H,6-7,11-15H2,1H3,(H,36,42). The molecule has 1 saturated carbocycles. The third-order valence-corrected chi connectivity index (χ3v) is 8.61. The molecule has 0 bridgehead atoms. The fraction of sp³-hybridized carbons (Fsp3) is 0.448. The third-order valence-electron chi connectivity index (χ3n) is 8.61. The van der Waals surface area contributed by atoms with Gasteiger partial charge in [0.15, 0.2) is 0 Å². The topological polar surface area (TPSA) is 101 Å². The molecular formula is C29H28F5N7O3. The molecule has 2 saturated heterocycles. The Morgan fingerprint density at radius 2 is 1.93 bits per heavy atom. The summed E-state index contributed by atoms with van der Waals surface area (Å²) in [5.41, 5.74) is 3.87. The number of alkyl halides is 5. The number of amides is 1. The maximum absolute atomic E-state index is 13.4. The Labute approximate surface area is 247 Å². The molecule has 0 radical (unpaired) electrons. The SMILES string of the molecule is Cc1ccc(-c2noc(C3CC(OC(F)(F)F)C3)n2)cc1NC(=O)c1cnn2ccc(N3CC4(CN(CC(F)F)C4)C3)cc12. The molecule has 1 amide bonds. The molecule has 1 N–H and O–H groups in total. The van der Waals surface area contributed by atoms with E-state index in [9.17, 15) is 26.7 Å². The second-order valence-corrected chi connectivity index (χ2v) is 12.0. The molecule has 44 heavy (non-hydrogen) atoms. The molecule has 3 fully saturated rings. The molecular weight excluding hydrogens is 589 g/mol. The van der Waals surface area contributed by atoms with Crippen molar-refractivity contribution in [3.8, 4) is 11.4 Å². The van der Waals surface area contributed by atoms with Crippen LogP contribution in [0.25, 0.3) is 16.9 Å². The first-order valence-corrected chi connectivity index (χ1v) is 14.2. The van der Waals surface area contributed by atoms with E-state index < -0.39 is 18.9 Å². The number of halogens is 5. The maximum atomic E-state index is 13.4. The Morgan fingerprint density at radius 1 is 1.16 bits per heavy atom. The van der Waals surface area contributed by atoms with Gasteiger partial charge in [0.2, 0.25) is 11.7 Å². The van der Waals surface area contributed by atoms with Gasteiger partial charge in [-0.2, -0.15) is 10.1 Å². The number of likely N-dealkylation sites (tertiary alicyclic amines) is 1. The van der Waals surface area contributed by atoms with E-state index in [0.717, 1.165) is 24.3 Å². The molecule has 2 aliphatic heterocycles. The number of fused-ring (bicyclic) bond motifs is 1. The van der Waals surface area contributed by atoms with Crippen LogP contribution in [0.2, 0.25) is 0 Å². The number of anilines is 2. The number of aryl methyl sites for hydroxylation is 1. The third kappa shape index (κ3) is 5.49. The molecule has 4 aromatic rings. The van der Waals surface area contributed by atoms with Gasteiger partial charge >= 0.3 is 6.36 Å².